The summed E-state index contributed by atoms with van der Waals surface area (Å²) in [7, 11) is 2.25. The van der Waals surface area contributed by atoms with Crippen molar-refractivity contribution < 1.29 is 0 Å². The quantitative estimate of drug-likeness (QED) is 0.660. The van der Waals surface area contributed by atoms with Crippen LogP contribution in [0.25, 0.3) is 0 Å². The van der Waals surface area contributed by atoms with Gasteiger partial charge in [-0.1, -0.05) is 0 Å². The van der Waals surface area contributed by atoms with Gasteiger partial charge in [0.1, 0.15) is 0 Å². The summed E-state index contributed by atoms with van der Waals surface area (Å²) in [5.74, 6) is 1.33. The lowest BCUT2D eigenvalue weighted by Crippen LogP contribution is -2.40. The molecule has 76 valence electrons. The lowest BCUT2D eigenvalue weighted by atomic mass is 10.3. The second kappa shape index (κ2) is 4.67. The van der Waals surface area contributed by atoms with E-state index in [1.54, 1.807) is 0 Å². The van der Waals surface area contributed by atoms with Crippen LogP contribution in [0.4, 0.5) is 0 Å². The smallest absolute Gasteiger partial charge is 0.0302 e. The lowest BCUT2D eigenvalue weighted by molar-refractivity contribution is 0.286. The monoisotopic (exact) mass is 200 g/mol. The maximum atomic E-state index is 2.64. The molecule has 0 aromatic carbocycles. The van der Waals surface area contributed by atoms with E-state index in [4.69, 9.17) is 0 Å². The van der Waals surface area contributed by atoms with Gasteiger partial charge in [-0.05, 0) is 33.0 Å². The maximum absolute atomic E-state index is 2.64. The van der Waals surface area contributed by atoms with Crippen LogP contribution >= 0.6 is 11.8 Å². The number of rotatable bonds is 2. The van der Waals surface area contributed by atoms with Gasteiger partial charge in [-0.2, -0.15) is 11.8 Å². The first-order chi connectivity index (χ1) is 6.34. The molecule has 13 heavy (non-hydrogen) atoms. The molecule has 0 aromatic rings. The van der Waals surface area contributed by atoms with Gasteiger partial charge in [0, 0.05) is 30.6 Å². The van der Waals surface area contributed by atoms with E-state index in [1.807, 2.05) is 0 Å². The lowest BCUT2D eigenvalue weighted by Gasteiger charge is -2.31. The molecule has 0 aromatic heterocycles. The Bertz CT molecular complexity index is 157. The van der Waals surface area contributed by atoms with Gasteiger partial charge < -0.3 is 9.80 Å². The van der Waals surface area contributed by atoms with Crippen molar-refractivity contribution in [3.8, 4) is 0 Å². The van der Waals surface area contributed by atoms with Crippen LogP contribution in [-0.4, -0.2) is 60.6 Å². The van der Waals surface area contributed by atoms with Crippen LogP contribution in [0.3, 0.4) is 0 Å². The summed E-state index contributed by atoms with van der Waals surface area (Å²) in [5, 5.41) is 0.872. The highest BCUT2D eigenvalue weighted by atomic mass is 32.2. The molecule has 2 rings (SSSR count). The van der Waals surface area contributed by atoms with Crippen LogP contribution in [0.1, 0.15) is 12.8 Å². The SMILES string of the molecule is CN1CCSC(CN2CCCC2)C1. The van der Waals surface area contributed by atoms with Crippen molar-refractivity contribution in [1.29, 1.82) is 0 Å². The van der Waals surface area contributed by atoms with Crippen LogP contribution in [-0.2, 0) is 0 Å². The molecule has 0 radical (unpaired) electrons. The van der Waals surface area contributed by atoms with Crippen molar-refractivity contribution in [3.05, 3.63) is 0 Å². The Labute approximate surface area is 85.7 Å². The Morgan fingerprint density at radius 2 is 2.00 bits per heavy atom. The highest BCUT2D eigenvalue weighted by Gasteiger charge is 2.21. The van der Waals surface area contributed by atoms with Gasteiger partial charge in [0.25, 0.3) is 0 Å². The molecule has 2 aliphatic rings. The average molecular weight is 200 g/mol. The fourth-order valence-corrected chi connectivity index (χ4v) is 3.66. The number of hydrogen-bond donors (Lipinski definition) is 0. The van der Waals surface area contributed by atoms with Gasteiger partial charge in [0.05, 0.1) is 0 Å². The predicted octanol–water partition coefficient (Wildman–Crippen LogP) is 1.13. The Kier molecular flexibility index (Phi) is 3.52. The van der Waals surface area contributed by atoms with Crippen molar-refractivity contribution in [3.63, 3.8) is 0 Å². The van der Waals surface area contributed by atoms with Crippen LogP contribution in [0.5, 0.6) is 0 Å². The Morgan fingerprint density at radius 1 is 1.23 bits per heavy atom. The summed E-state index contributed by atoms with van der Waals surface area (Å²) < 4.78 is 0. The zero-order chi connectivity index (χ0) is 9.10. The predicted molar refractivity (Wildman–Crippen MR) is 59.4 cm³/mol. The summed E-state index contributed by atoms with van der Waals surface area (Å²) in [6, 6.07) is 0. The fourth-order valence-electron chi connectivity index (χ4n) is 2.23. The summed E-state index contributed by atoms with van der Waals surface area (Å²) in [4.78, 5) is 5.11. The van der Waals surface area contributed by atoms with E-state index in [2.05, 4.69) is 28.6 Å². The largest absolute Gasteiger partial charge is 0.304 e. The Hall–Kier alpha value is 0.270. The summed E-state index contributed by atoms with van der Waals surface area (Å²) in [6.45, 7) is 6.60. The topological polar surface area (TPSA) is 6.48 Å². The fraction of sp³-hybridized carbons (Fsp3) is 1.00. The Balaban J connectivity index is 1.73. The van der Waals surface area contributed by atoms with Crippen molar-refractivity contribution in [2.24, 2.45) is 0 Å². The van der Waals surface area contributed by atoms with Crippen molar-refractivity contribution in [2.75, 3.05) is 45.5 Å². The molecule has 0 bridgehead atoms. The molecule has 2 heterocycles. The molecule has 0 N–H and O–H groups in total. The molecule has 3 heteroatoms. The molecule has 2 fully saturated rings. The zero-order valence-electron chi connectivity index (χ0n) is 8.54. The molecule has 0 saturated carbocycles. The summed E-state index contributed by atoms with van der Waals surface area (Å²) >= 11 is 2.17. The molecule has 2 saturated heterocycles. The minimum absolute atomic E-state index is 0.872. The third-order valence-electron chi connectivity index (χ3n) is 3.00. The normalized spacial score (nSPS) is 32.5. The first-order valence-electron chi connectivity index (χ1n) is 5.37. The molecule has 2 nitrogen and oxygen atoms in total. The van der Waals surface area contributed by atoms with Gasteiger partial charge >= 0.3 is 0 Å². The first-order valence-corrected chi connectivity index (χ1v) is 6.42. The number of likely N-dealkylation sites (tertiary alicyclic amines) is 1. The van der Waals surface area contributed by atoms with Crippen molar-refractivity contribution in [2.45, 2.75) is 18.1 Å². The second-order valence-electron chi connectivity index (χ2n) is 4.26. The van der Waals surface area contributed by atoms with Gasteiger partial charge in [-0.25, -0.2) is 0 Å². The highest BCUT2D eigenvalue weighted by Crippen LogP contribution is 2.20. The molecule has 1 unspecified atom stereocenters. The molecule has 1 atom stereocenters. The molecule has 0 spiro atoms. The number of hydrogen-bond acceptors (Lipinski definition) is 3. The van der Waals surface area contributed by atoms with E-state index in [9.17, 15) is 0 Å². The van der Waals surface area contributed by atoms with Crippen LogP contribution in [0.2, 0.25) is 0 Å². The van der Waals surface area contributed by atoms with E-state index in [0.717, 1.165) is 5.25 Å². The summed E-state index contributed by atoms with van der Waals surface area (Å²) in [5.41, 5.74) is 0. The maximum Gasteiger partial charge on any atom is 0.0302 e. The third-order valence-corrected chi connectivity index (χ3v) is 4.19. The van der Waals surface area contributed by atoms with E-state index in [0.29, 0.717) is 0 Å². The zero-order valence-corrected chi connectivity index (χ0v) is 9.35. The average Bonchev–Trinajstić information content (AvgIpc) is 2.57. The second-order valence-corrected chi connectivity index (χ2v) is 5.67. The molecule has 0 aliphatic carbocycles. The molecule has 2 aliphatic heterocycles. The van der Waals surface area contributed by atoms with Crippen LogP contribution in [0.15, 0.2) is 0 Å². The first kappa shape index (κ1) is 9.81. The number of nitrogens with zero attached hydrogens (tertiary/aromatic N) is 2. The van der Waals surface area contributed by atoms with E-state index >= 15 is 0 Å². The van der Waals surface area contributed by atoms with E-state index in [1.165, 1.54) is 51.3 Å². The molecule has 0 amide bonds. The highest BCUT2D eigenvalue weighted by molar-refractivity contribution is 8.00. The van der Waals surface area contributed by atoms with Gasteiger partial charge in [-0.15, -0.1) is 0 Å². The van der Waals surface area contributed by atoms with Crippen LogP contribution in [0, 0.1) is 0 Å². The number of thioether (sulfide) groups is 1. The molecular weight excluding hydrogens is 180 g/mol. The standard InChI is InChI=1S/C10H20N2S/c1-11-6-7-13-10(8-11)9-12-4-2-3-5-12/h10H,2-9H2,1H3. The minimum Gasteiger partial charge on any atom is -0.304 e. The van der Waals surface area contributed by atoms with Gasteiger partial charge in [0.2, 0.25) is 0 Å². The van der Waals surface area contributed by atoms with E-state index in [-0.39, 0.29) is 0 Å². The Morgan fingerprint density at radius 3 is 2.69 bits per heavy atom. The molecular formula is C10H20N2S. The summed E-state index contributed by atoms with van der Waals surface area (Å²) in [6.07, 6.45) is 2.85. The van der Waals surface area contributed by atoms with Crippen molar-refractivity contribution >= 4 is 11.8 Å². The van der Waals surface area contributed by atoms with Gasteiger partial charge in [0.15, 0.2) is 0 Å². The van der Waals surface area contributed by atoms with Crippen LogP contribution < -0.4 is 0 Å². The third kappa shape index (κ3) is 2.86. The minimum atomic E-state index is 0.872. The van der Waals surface area contributed by atoms with E-state index < -0.39 is 0 Å². The van der Waals surface area contributed by atoms with Crippen molar-refractivity contribution in [1.82, 2.24) is 9.80 Å². The van der Waals surface area contributed by atoms with Gasteiger partial charge in [-0.3, -0.25) is 0 Å².